The van der Waals surface area contributed by atoms with Crippen LogP contribution in [0.15, 0.2) is 6.20 Å². The molecule has 0 radical (unpaired) electrons. The maximum atomic E-state index is 13.3. The fourth-order valence-electron chi connectivity index (χ4n) is 4.04. The van der Waals surface area contributed by atoms with Crippen molar-refractivity contribution in [3.63, 3.8) is 0 Å². The average Bonchev–Trinajstić information content (AvgIpc) is 3.16. The lowest BCUT2D eigenvalue weighted by atomic mass is 9.93. The second-order valence-corrected chi connectivity index (χ2v) is 8.30. The summed E-state index contributed by atoms with van der Waals surface area (Å²) in [6, 6.07) is 0.0604. The fourth-order valence-corrected chi connectivity index (χ4v) is 4.18. The zero-order valence-electron chi connectivity index (χ0n) is 16.5. The Bertz CT molecular complexity index is 914. The number of hydrogen-bond acceptors (Lipinski definition) is 6. The minimum absolute atomic E-state index is 0.00526. The molecule has 2 aromatic heterocycles. The second kappa shape index (κ2) is 8.22. The summed E-state index contributed by atoms with van der Waals surface area (Å²) >= 11 is 5.73. The van der Waals surface area contributed by atoms with Gasteiger partial charge in [0.05, 0.1) is 31.0 Å². The van der Waals surface area contributed by atoms with E-state index in [0.29, 0.717) is 44.1 Å². The van der Waals surface area contributed by atoms with Crippen molar-refractivity contribution in [3.8, 4) is 0 Å². The lowest BCUT2D eigenvalue weighted by molar-refractivity contribution is -0.137. The molecular formula is C19H24ClF3N6O. The van der Waals surface area contributed by atoms with Gasteiger partial charge in [-0.25, -0.2) is 14.6 Å². The molecule has 2 aliphatic rings. The Hall–Kier alpha value is -2.07. The van der Waals surface area contributed by atoms with E-state index in [1.165, 1.54) is 6.42 Å². The summed E-state index contributed by atoms with van der Waals surface area (Å²) in [5, 5.41) is 7.24. The van der Waals surface area contributed by atoms with E-state index in [1.807, 2.05) is 11.6 Å². The molecule has 30 heavy (non-hydrogen) atoms. The van der Waals surface area contributed by atoms with E-state index >= 15 is 0 Å². The van der Waals surface area contributed by atoms with Crippen LogP contribution >= 0.6 is 11.6 Å². The molecule has 3 heterocycles. The summed E-state index contributed by atoms with van der Waals surface area (Å²) in [6.07, 6.45) is 0.891. The summed E-state index contributed by atoms with van der Waals surface area (Å²) in [4.78, 5) is 7.22. The maximum absolute atomic E-state index is 13.3. The molecule has 11 heteroatoms. The Morgan fingerprint density at radius 1 is 1.33 bits per heavy atom. The van der Waals surface area contributed by atoms with Crippen LogP contribution < -0.4 is 11.1 Å². The predicted molar refractivity (Wildman–Crippen MR) is 106 cm³/mol. The van der Waals surface area contributed by atoms with Crippen LogP contribution in [-0.2, 0) is 17.3 Å². The summed E-state index contributed by atoms with van der Waals surface area (Å²) in [5.41, 5.74) is 7.31. The first-order chi connectivity index (χ1) is 14.2. The number of aryl methyl sites for hydroxylation is 1. The van der Waals surface area contributed by atoms with Crippen molar-refractivity contribution < 1.29 is 17.9 Å². The normalized spacial score (nSPS) is 22.3. The van der Waals surface area contributed by atoms with Crippen molar-refractivity contribution in [2.75, 3.05) is 24.3 Å². The number of anilines is 2. The van der Waals surface area contributed by atoms with E-state index in [1.54, 1.807) is 0 Å². The highest BCUT2D eigenvalue weighted by Crippen LogP contribution is 2.37. The zero-order chi connectivity index (χ0) is 21.5. The largest absolute Gasteiger partial charge is 0.421 e. The predicted octanol–water partition coefficient (Wildman–Crippen LogP) is 4.02. The molecule has 2 fully saturated rings. The van der Waals surface area contributed by atoms with Crippen LogP contribution in [0, 0.1) is 12.8 Å². The van der Waals surface area contributed by atoms with Gasteiger partial charge in [0.1, 0.15) is 17.2 Å². The van der Waals surface area contributed by atoms with E-state index in [9.17, 15) is 13.2 Å². The van der Waals surface area contributed by atoms with E-state index in [2.05, 4.69) is 20.4 Å². The Morgan fingerprint density at radius 2 is 2.10 bits per heavy atom. The summed E-state index contributed by atoms with van der Waals surface area (Å²) < 4.78 is 47.3. The molecule has 0 bridgehead atoms. The highest BCUT2D eigenvalue weighted by molar-refractivity contribution is 6.28. The molecule has 0 spiro atoms. The van der Waals surface area contributed by atoms with Crippen LogP contribution in [0.25, 0.3) is 0 Å². The molecule has 4 rings (SSSR count). The van der Waals surface area contributed by atoms with Gasteiger partial charge in [-0.2, -0.15) is 18.3 Å². The van der Waals surface area contributed by atoms with Gasteiger partial charge < -0.3 is 15.8 Å². The quantitative estimate of drug-likeness (QED) is 0.654. The molecule has 1 aliphatic carbocycles. The Balaban J connectivity index is 1.46. The van der Waals surface area contributed by atoms with Gasteiger partial charge in [0, 0.05) is 17.7 Å². The first-order valence-corrected chi connectivity index (χ1v) is 10.4. The second-order valence-electron chi connectivity index (χ2n) is 7.96. The van der Waals surface area contributed by atoms with Crippen molar-refractivity contribution in [2.24, 2.45) is 5.92 Å². The summed E-state index contributed by atoms with van der Waals surface area (Å²) in [7, 11) is 0. The number of hydrogen-bond donors (Lipinski definition) is 2. The van der Waals surface area contributed by atoms with Crippen molar-refractivity contribution in [2.45, 2.75) is 57.3 Å². The van der Waals surface area contributed by atoms with Gasteiger partial charge in [-0.3, -0.25) is 0 Å². The molecule has 2 atom stereocenters. The van der Waals surface area contributed by atoms with Crippen LogP contribution in [0.5, 0.6) is 0 Å². The smallest absolute Gasteiger partial charge is 0.384 e. The first kappa shape index (κ1) is 21.2. The number of ether oxygens (including phenoxy) is 1. The van der Waals surface area contributed by atoms with Crippen LogP contribution in [0.4, 0.5) is 24.8 Å². The van der Waals surface area contributed by atoms with Crippen molar-refractivity contribution in [3.05, 3.63) is 28.3 Å². The molecule has 3 N–H and O–H groups in total. The third-order valence-electron chi connectivity index (χ3n) is 6.02. The fraction of sp³-hybridized carbons (Fsp3) is 0.632. The van der Waals surface area contributed by atoms with E-state index < -0.39 is 11.7 Å². The minimum atomic E-state index is -4.58. The standard InChI is InChI=1S/C19H24ClF3N6O/c1-10-13(16(24)29(28-10)12-3-2-4-12)6-5-11-8-30-9-15(11)26-17-14(19(21,22)23)7-25-18(20)27-17/h7,11-12,15H,2-6,8-9,24H2,1H3,(H,25,26,27)/t11?,15-/m1/s1. The average molecular weight is 445 g/mol. The van der Waals surface area contributed by atoms with Crippen LogP contribution in [-0.4, -0.2) is 39.0 Å². The van der Waals surface area contributed by atoms with Gasteiger partial charge in [-0.1, -0.05) is 0 Å². The molecule has 164 valence electrons. The third-order valence-corrected chi connectivity index (χ3v) is 6.20. The number of nitrogens with one attached hydrogen (secondary N) is 1. The van der Waals surface area contributed by atoms with Gasteiger partial charge in [-0.15, -0.1) is 0 Å². The first-order valence-electron chi connectivity index (χ1n) is 10.0. The van der Waals surface area contributed by atoms with Gasteiger partial charge in [0.25, 0.3) is 0 Å². The highest BCUT2D eigenvalue weighted by atomic mass is 35.5. The lowest BCUT2D eigenvalue weighted by Crippen LogP contribution is -2.30. The number of halogens is 4. The molecule has 1 saturated carbocycles. The van der Waals surface area contributed by atoms with E-state index in [0.717, 1.165) is 24.1 Å². The Labute approximate surface area is 177 Å². The molecule has 0 aromatic carbocycles. The minimum Gasteiger partial charge on any atom is -0.384 e. The number of rotatable bonds is 6. The van der Waals surface area contributed by atoms with Gasteiger partial charge in [0.15, 0.2) is 0 Å². The molecule has 7 nitrogen and oxygen atoms in total. The number of nitrogen functional groups attached to an aromatic ring is 1. The van der Waals surface area contributed by atoms with Crippen LogP contribution in [0.3, 0.4) is 0 Å². The number of nitrogens with zero attached hydrogens (tertiary/aromatic N) is 4. The molecular weight excluding hydrogens is 421 g/mol. The molecule has 2 aromatic rings. The Kier molecular flexibility index (Phi) is 5.80. The summed E-state index contributed by atoms with van der Waals surface area (Å²) in [6.45, 7) is 2.69. The SMILES string of the molecule is Cc1nn(C2CCC2)c(N)c1CCC1COC[C@H]1Nc1nc(Cl)ncc1C(F)(F)F. The highest BCUT2D eigenvalue weighted by Gasteiger charge is 2.37. The summed E-state index contributed by atoms with van der Waals surface area (Å²) in [5.74, 6) is 0.379. The zero-order valence-corrected chi connectivity index (χ0v) is 17.3. The molecule has 1 saturated heterocycles. The number of aromatic nitrogens is 4. The van der Waals surface area contributed by atoms with Gasteiger partial charge in [0.2, 0.25) is 5.28 Å². The lowest BCUT2D eigenvalue weighted by Gasteiger charge is -2.26. The molecule has 1 aliphatic heterocycles. The van der Waals surface area contributed by atoms with Crippen LogP contribution in [0.2, 0.25) is 5.28 Å². The van der Waals surface area contributed by atoms with E-state index in [4.69, 9.17) is 22.1 Å². The van der Waals surface area contributed by atoms with Gasteiger partial charge >= 0.3 is 6.18 Å². The van der Waals surface area contributed by atoms with Crippen LogP contribution in [0.1, 0.15) is 48.5 Å². The van der Waals surface area contributed by atoms with Crippen molar-refractivity contribution >= 4 is 23.2 Å². The van der Waals surface area contributed by atoms with Crippen molar-refractivity contribution in [1.82, 2.24) is 19.7 Å². The maximum Gasteiger partial charge on any atom is 0.421 e. The Morgan fingerprint density at radius 3 is 2.77 bits per heavy atom. The van der Waals surface area contributed by atoms with E-state index in [-0.39, 0.29) is 23.1 Å². The van der Waals surface area contributed by atoms with Gasteiger partial charge in [-0.05, 0) is 50.6 Å². The molecule has 1 unspecified atom stereocenters. The number of alkyl halides is 3. The third kappa shape index (κ3) is 4.20. The monoisotopic (exact) mass is 444 g/mol. The molecule has 0 amide bonds. The number of nitrogens with two attached hydrogens (primary N) is 1. The topological polar surface area (TPSA) is 90.9 Å². The van der Waals surface area contributed by atoms with Crippen molar-refractivity contribution in [1.29, 1.82) is 0 Å².